The second-order valence-corrected chi connectivity index (χ2v) is 3.83. The molecule has 4 nitrogen and oxygen atoms in total. The summed E-state index contributed by atoms with van der Waals surface area (Å²) >= 11 is 1.61. The Hall–Kier alpha value is -1.10. The van der Waals surface area contributed by atoms with Gasteiger partial charge in [-0.25, -0.2) is 15.0 Å². The van der Waals surface area contributed by atoms with Crippen LogP contribution in [0.3, 0.4) is 0 Å². The Bertz CT molecular complexity index is 463. The third-order valence-electron chi connectivity index (χ3n) is 2.08. The first-order valence-electron chi connectivity index (χ1n) is 4.48. The lowest BCUT2D eigenvalue weighted by atomic mass is 10.4. The van der Waals surface area contributed by atoms with E-state index in [1.807, 2.05) is 17.9 Å². The van der Waals surface area contributed by atoms with E-state index in [-0.39, 0.29) is 0 Å². The van der Waals surface area contributed by atoms with E-state index in [9.17, 15) is 0 Å². The second kappa shape index (κ2) is 3.57. The van der Waals surface area contributed by atoms with Gasteiger partial charge in [0.15, 0.2) is 5.65 Å². The molecule has 0 saturated carbocycles. The Kier molecular flexibility index (Phi) is 2.41. The molecule has 0 atom stereocenters. The number of imidazole rings is 1. The highest BCUT2D eigenvalue weighted by atomic mass is 32.2. The summed E-state index contributed by atoms with van der Waals surface area (Å²) in [5.41, 5.74) is 1.82. The molecule has 14 heavy (non-hydrogen) atoms. The average molecular weight is 208 g/mol. The van der Waals surface area contributed by atoms with Crippen LogP contribution in [0.25, 0.3) is 11.2 Å². The van der Waals surface area contributed by atoms with Gasteiger partial charge in [-0.2, -0.15) is 0 Å². The van der Waals surface area contributed by atoms with Gasteiger partial charge in [-0.05, 0) is 6.26 Å². The maximum atomic E-state index is 4.44. The largest absolute Gasteiger partial charge is 0.318 e. The molecule has 0 aromatic carbocycles. The van der Waals surface area contributed by atoms with Gasteiger partial charge in [0.05, 0.1) is 6.33 Å². The van der Waals surface area contributed by atoms with Gasteiger partial charge >= 0.3 is 0 Å². The summed E-state index contributed by atoms with van der Waals surface area (Å²) in [5, 5.41) is 0.965. The maximum absolute atomic E-state index is 4.44. The predicted molar refractivity (Wildman–Crippen MR) is 57.5 cm³/mol. The van der Waals surface area contributed by atoms with Gasteiger partial charge < -0.3 is 4.57 Å². The molecule has 0 unspecified atom stereocenters. The fourth-order valence-corrected chi connectivity index (χ4v) is 1.86. The highest BCUT2D eigenvalue weighted by molar-refractivity contribution is 7.98. The van der Waals surface area contributed by atoms with Crippen LogP contribution in [0.5, 0.6) is 0 Å². The molecule has 0 N–H and O–H groups in total. The zero-order valence-corrected chi connectivity index (χ0v) is 9.30. The summed E-state index contributed by atoms with van der Waals surface area (Å²) in [4.78, 5) is 13.1. The first kappa shape index (κ1) is 9.45. The third kappa shape index (κ3) is 1.37. The zero-order valence-electron chi connectivity index (χ0n) is 8.48. The minimum atomic E-state index is 0.856. The van der Waals surface area contributed by atoms with E-state index >= 15 is 0 Å². The Morgan fingerprint density at radius 1 is 1.43 bits per heavy atom. The fraction of sp³-hybridized carbons (Fsp3) is 0.444. The molecule has 2 rings (SSSR count). The molecule has 0 aliphatic rings. The standard InChI is InChI=1S/C9H12N4S/c1-4-6-11-8-7(9(12-6)14-3)10-5-13(8)2/h5H,4H2,1-3H3. The molecule has 0 aliphatic heterocycles. The van der Waals surface area contributed by atoms with E-state index in [0.717, 1.165) is 28.4 Å². The van der Waals surface area contributed by atoms with Gasteiger partial charge in [0.2, 0.25) is 0 Å². The van der Waals surface area contributed by atoms with Crippen molar-refractivity contribution in [1.82, 2.24) is 19.5 Å². The van der Waals surface area contributed by atoms with E-state index < -0.39 is 0 Å². The van der Waals surface area contributed by atoms with Gasteiger partial charge in [0.25, 0.3) is 0 Å². The van der Waals surface area contributed by atoms with Crippen molar-refractivity contribution < 1.29 is 0 Å². The first-order chi connectivity index (χ1) is 6.76. The van der Waals surface area contributed by atoms with Gasteiger partial charge in [0, 0.05) is 13.5 Å². The van der Waals surface area contributed by atoms with Gasteiger partial charge in [0.1, 0.15) is 16.4 Å². The minimum Gasteiger partial charge on any atom is -0.318 e. The summed E-state index contributed by atoms with van der Waals surface area (Å²) in [5.74, 6) is 0.880. The number of hydrogen-bond donors (Lipinski definition) is 0. The molecule has 0 fully saturated rings. The maximum Gasteiger partial charge on any atom is 0.164 e. The van der Waals surface area contributed by atoms with Crippen molar-refractivity contribution >= 4 is 22.9 Å². The van der Waals surface area contributed by atoms with E-state index in [1.54, 1.807) is 18.1 Å². The second-order valence-electron chi connectivity index (χ2n) is 3.03. The lowest BCUT2D eigenvalue weighted by Gasteiger charge is -2.01. The number of nitrogens with zero attached hydrogens (tertiary/aromatic N) is 4. The van der Waals surface area contributed by atoms with Crippen LogP contribution in [0, 0.1) is 0 Å². The Morgan fingerprint density at radius 2 is 2.21 bits per heavy atom. The van der Waals surface area contributed by atoms with E-state index in [1.165, 1.54) is 0 Å². The van der Waals surface area contributed by atoms with E-state index in [2.05, 4.69) is 21.9 Å². The molecule has 0 saturated heterocycles. The van der Waals surface area contributed by atoms with E-state index in [4.69, 9.17) is 0 Å². The normalized spacial score (nSPS) is 11.1. The summed E-state index contributed by atoms with van der Waals surface area (Å²) in [7, 11) is 1.95. The number of aryl methyl sites for hydroxylation is 2. The van der Waals surface area contributed by atoms with Crippen LogP contribution in [-0.4, -0.2) is 25.8 Å². The molecule has 0 amide bonds. The summed E-state index contributed by atoms with van der Waals surface area (Å²) in [6.45, 7) is 2.06. The summed E-state index contributed by atoms with van der Waals surface area (Å²) in [6, 6.07) is 0. The predicted octanol–water partition coefficient (Wildman–Crippen LogP) is 1.65. The van der Waals surface area contributed by atoms with Crippen molar-refractivity contribution in [2.24, 2.45) is 7.05 Å². The van der Waals surface area contributed by atoms with Crippen molar-refractivity contribution in [3.63, 3.8) is 0 Å². The number of aromatic nitrogens is 4. The van der Waals surface area contributed by atoms with E-state index in [0.29, 0.717) is 0 Å². The molecule has 0 spiro atoms. The molecule has 2 aromatic rings. The molecule has 0 bridgehead atoms. The molecule has 0 aliphatic carbocycles. The van der Waals surface area contributed by atoms with Crippen LogP contribution < -0.4 is 0 Å². The van der Waals surface area contributed by atoms with Crippen LogP contribution in [0.15, 0.2) is 11.4 Å². The van der Waals surface area contributed by atoms with Crippen molar-refractivity contribution in [2.45, 2.75) is 18.4 Å². The smallest absolute Gasteiger partial charge is 0.164 e. The summed E-state index contributed by atoms with van der Waals surface area (Å²) < 4.78 is 1.93. The SMILES string of the molecule is CCc1nc(SC)c2ncn(C)c2n1. The van der Waals surface area contributed by atoms with Gasteiger partial charge in [-0.15, -0.1) is 11.8 Å². The first-order valence-corrected chi connectivity index (χ1v) is 5.70. The summed E-state index contributed by atoms with van der Waals surface area (Å²) in [6.07, 6.45) is 4.64. The number of rotatable bonds is 2. The number of hydrogen-bond acceptors (Lipinski definition) is 4. The molecule has 5 heteroatoms. The Morgan fingerprint density at radius 3 is 2.86 bits per heavy atom. The van der Waals surface area contributed by atoms with Crippen molar-refractivity contribution in [3.05, 3.63) is 12.2 Å². The van der Waals surface area contributed by atoms with Crippen LogP contribution >= 0.6 is 11.8 Å². The Labute approximate surface area is 86.8 Å². The fourth-order valence-electron chi connectivity index (χ4n) is 1.32. The molecule has 2 aromatic heterocycles. The van der Waals surface area contributed by atoms with Crippen LogP contribution in [0.2, 0.25) is 0 Å². The van der Waals surface area contributed by atoms with Crippen LogP contribution in [0.4, 0.5) is 0 Å². The van der Waals surface area contributed by atoms with Crippen LogP contribution in [0.1, 0.15) is 12.7 Å². The highest BCUT2D eigenvalue weighted by Gasteiger charge is 2.09. The van der Waals surface area contributed by atoms with Crippen molar-refractivity contribution in [2.75, 3.05) is 6.26 Å². The minimum absolute atomic E-state index is 0.856. The molecular formula is C9H12N4S. The average Bonchev–Trinajstić information content (AvgIpc) is 2.59. The van der Waals surface area contributed by atoms with Crippen molar-refractivity contribution in [3.8, 4) is 0 Å². The molecular weight excluding hydrogens is 196 g/mol. The quantitative estimate of drug-likeness (QED) is 0.556. The van der Waals surface area contributed by atoms with Gasteiger partial charge in [-0.1, -0.05) is 6.92 Å². The Balaban J connectivity index is 2.76. The van der Waals surface area contributed by atoms with Gasteiger partial charge in [-0.3, -0.25) is 0 Å². The van der Waals surface area contributed by atoms with Crippen molar-refractivity contribution in [1.29, 1.82) is 0 Å². The molecule has 0 radical (unpaired) electrons. The topological polar surface area (TPSA) is 43.6 Å². The lowest BCUT2D eigenvalue weighted by Crippen LogP contribution is -1.98. The zero-order chi connectivity index (χ0) is 10.1. The molecule has 2 heterocycles. The third-order valence-corrected chi connectivity index (χ3v) is 2.75. The highest BCUT2D eigenvalue weighted by Crippen LogP contribution is 2.21. The monoisotopic (exact) mass is 208 g/mol. The number of fused-ring (bicyclic) bond motifs is 1. The van der Waals surface area contributed by atoms with Crippen LogP contribution in [-0.2, 0) is 13.5 Å². The lowest BCUT2D eigenvalue weighted by molar-refractivity contribution is 0.878. The molecule has 74 valence electrons. The number of thioether (sulfide) groups is 1.